The summed E-state index contributed by atoms with van der Waals surface area (Å²) < 4.78 is 14.3. The van der Waals surface area contributed by atoms with Crippen molar-refractivity contribution < 1.29 is 23.9 Å². The van der Waals surface area contributed by atoms with Gasteiger partial charge in [0, 0.05) is 54.8 Å². The molecule has 4 heterocycles. The number of aliphatic imine (C=N–C) groups is 1. The third-order valence-corrected chi connectivity index (χ3v) is 8.41. The Morgan fingerprint density at radius 3 is 2.86 bits per heavy atom. The smallest absolute Gasteiger partial charge is 0.256 e. The standard InChI is InChI=1S/C31H31N5O5S/c1-35-18-21(14-28(35)34-30(38)20-7-8-27-19(13-20)9-12-42-27)33-29(37)6-4-11-41-26-16-24-23(15-25(26)40-2)31(39)36-10-3-5-22(36)17-32-24/h7-9,12-18,22H,3-6,10-11H2,1-2H3,(H,33,37)(H,34,38)/t22-/m0/s1. The Hall–Kier alpha value is -4.64. The van der Waals surface area contributed by atoms with Gasteiger partial charge in [0.2, 0.25) is 5.91 Å². The highest BCUT2D eigenvalue weighted by Gasteiger charge is 2.32. The van der Waals surface area contributed by atoms with Crippen LogP contribution in [0.5, 0.6) is 11.5 Å². The monoisotopic (exact) mass is 585 g/mol. The Morgan fingerprint density at radius 1 is 1.12 bits per heavy atom. The van der Waals surface area contributed by atoms with E-state index in [9.17, 15) is 14.4 Å². The molecule has 0 aliphatic carbocycles. The van der Waals surface area contributed by atoms with E-state index in [2.05, 4.69) is 15.6 Å². The molecule has 1 fully saturated rings. The minimum atomic E-state index is -0.219. The molecule has 2 aliphatic heterocycles. The van der Waals surface area contributed by atoms with E-state index in [1.165, 1.54) is 7.11 Å². The maximum atomic E-state index is 13.0. The van der Waals surface area contributed by atoms with Gasteiger partial charge in [0.25, 0.3) is 11.8 Å². The first kappa shape index (κ1) is 27.5. The van der Waals surface area contributed by atoms with E-state index in [4.69, 9.17) is 9.47 Å². The molecule has 0 spiro atoms. The lowest BCUT2D eigenvalue weighted by Gasteiger charge is -2.20. The third-order valence-electron chi connectivity index (χ3n) is 7.51. The van der Waals surface area contributed by atoms with Crippen LogP contribution in [0.15, 0.2) is 59.0 Å². The molecule has 42 heavy (non-hydrogen) atoms. The highest BCUT2D eigenvalue weighted by atomic mass is 32.1. The fraction of sp³-hybridized carbons (Fsp3) is 0.290. The molecule has 6 rings (SSSR count). The van der Waals surface area contributed by atoms with Crippen LogP contribution in [0, 0.1) is 0 Å². The molecular weight excluding hydrogens is 554 g/mol. The van der Waals surface area contributed by atoms with Crippen LogP contribution < -0.4 is 20.1 Å². The second-order valence-corrected chi connectivity index (χ2v) is 11.3. The van der Waals surface area contributed by atoms with E-state index >= 15 is 0 Å². The Bertz CT molecular complexity index is 1710. The number of hydrogen-bond donors (Lipinski definition) is 2. The zero-order chi connectivity index (χ0) is 29.2. The summed E-state index contributed by atoms with van der Waals surface area (Å²) in [6.45, 7) is 1.00. The second kappa shape index (κ2) is 11.7. The first-order chi connectivity index (χ1) is 20.4. The third kappa shape index (κ3) is 5.60. The minimum Gasteiger partial charge on any atom is -0.493 e. The van der Waals surface area contributed by atoms with Crippen LogP contribution in [0.1, 0.15) is 46.4 Å². The van der Waals surface area contributed by atoms with E-state index in [0.29, 0.717) is 46.2 Å². The normalized spacial score (nSPS) is 15.7. The molecule has 3 amide bonds. The second-order valence-electron chi connectivity index (χ2n) is 10.4. The summed E-state index contributed by atoms with van der Waals surface area (Å²) in [5.41, 5.74) is 2.21. The number of rotatable bonds is 9. The molecule has 10 nitrogen and oxygen atoms in total. The maximum absolute atomic E-state index is 13.0. The number of benzene rings is 2. The molecule has 0 saturated carbocycles. The van der Waals surface area contributed by atoms with Crippen LogP contribution in [-0.2, 0) is 11.8 Å². The number of fused-ring (bicyclic) bond motifs is 3. The fourth-order valence-corrected chi connectivity index (χ4v) is 6.08. The number of aryl methyl sites for hydroxylation is 1. The van der Waals surface area contributed by atoms with Crippen molar-refractivity contribution in [3.63, 3.8) is 0 Å². The SMILES string of the molecule is COc1cc2c(cc1OCCCC(=O)Nc1cc(NC(=O)c3ccc4sccc4c3)n(C)c1)N=C[C@@H]1CCCN1C2=O. The molecule has 216 valence electrons. The maximum Gasteiger partial charge on any atom is 0.256 e. The number of ether oxygens (including phenoxy) is 2. The minimum absolute atomic E-state index is 0.0251. The summed E-state index contributed by atoms with van der Waals surface area (Å²) in [4.78, 5) is 44.9. The molecule has 1 saturated heterocycles. The van der Waals surface area contributed by atoms with Crippen LogP contribution in [0.25, 0.3) is 10.1 Å². The van der Waals surface area contributed by atoms with Crippen molar-refractivity contribution in [2.24, 2.45) is 12.0 Å². The molecule has 2 aliphatic rings. The Kier molecular flexibility index (Phi) is 7.66. The summed E-state index contributed by atoms with van der Waals surface area (Å²) in [7, 11) is 3.33. The average Bonchev–Trinajstić information content (AvgIpc) is 3.71. The number of nitrogens with one attached hydrogen (secondary N) is 2. The number of nitrogens with zero attached hydrogens (tertiary/aromatic N) is 3. The van der Waals surface area contributed by atoms with Crippen LogP contribution in [0.2, 0.25) is 0 Å². The van der Waals surface area contributed by atoms with Crippen molar-refractivity contribution in [1.82, 2.24) is 9.47 Å². The van der Waals surface area contributed by atoms with Gasteiger partial charge in [-0.1, -0.05) is 0 Å². The Labute approximate surface area is 246 Å². The van der Waals surface area contributed by atoms with Crippen molar-refractivity contribution in [3.05, 3.63) is 65.2 Å². The van der Waals surface area contributed by atoms with Gasteiger partial charge in [-0.05, 0) is 60.4 Å². The van der Waals surface area contributed by atoms with Gasteiger partial charge >= 0.3 is 0 Å². The van der Waals surface area contributed by atoms with Gasteiger partial charge < -0.3 is 29.6 Å². The van der Waals surface area contributed by atoms with Crippen LogP contribution >= 0.6 is 11.3 Å². The summed E-state index contributed by atoms with van der Waals surface area (Å²) in [6, 6.07) is 12.8. The Morgan fingerprint density at radius 2 is 2.00 bits per heavy atom. The number of aromatic nitrogens is 1. The number of methoxy groups -OCH3 is 1. The van der Waals surface area contributed by atoms with E-state index in [1.807, 2.05) is 34.7 Å². The largest absolute Gasteiger partial charge is 0.493 e. The van der Waals surface area contributed by atoms with Gasteiger partial charge in [0.15, 0.2) is 11.5 Å². The van der Waals surface area contributed by atoms with Crippen molar-refractivity contribution >= 4 is 62.6 Å². The van der Waals surface area contributed by atoms with Crippen molar-refractivity contribution in [1.29, 1.82) is 0 Å². The molecule has 4 aromatic rings. The fourth-order valence-electron chi connectivity index (χ4n) is 5.31. The van der Waals surface area contributed by atoms with Gasteiger partial charge in [-0.2, -0.15) is 0 Å². The number of amides is 3. The van der Waals surface area contributed by atoms with Gasteiger partial charge in [-0.15, -0.1) is 11.3 Å². The topological polar surface area (TPSA) is 114 Å². The molecule has 0 radical (unpaired) electrons. The number of thiophene rings is 1. The predicted octanol–water partition coefficient (Wildman–Crippen LogP) is 5.62. The average molecular weight is 586 g/mol. The molecule has 1 atom stereocenters. The first-order valence-electron chi connectivity index (χ1n) is 13.8. The van der Waals surface area contributed by atoms with E-state index < -0.39 is 0 Å². The highest BCUT2D eigenvalue weighted by Crippen LogP contribution is 2.38. The van der Waals surface area contributed by atoms with Crippen LogP contribution in [-0.4, -0.2) is 59.7 Å². The van der Waals surface area contributed by atoms with Crippen LogP contribution in [0.4, 0.5) is 17.2 Å². The highest BCUT2D eigenvalue weighted by molar-refractivity contribution is 7.17. The van der Waals surface area contributed by atoms with Crippen LogP contribution in [0.3, 0.4) is 0 Å². The number of hydrogen-bond acceptors (Lipinski definition) is 7. The lowest BCUT2D eigenvalue weighted by atomic mass is 10.1. The molecule has 2 N–H and O–H groups in total. The molecule has 0 unspecified atom stereocenters. The molecule has 2 aromatic heterocycles. The number of anilines is 2. The first-order valence-corrected chi connectivity index (χ1v) is 14.7. The van der Waals surface area contributed by atoms with E-state index in [0.717, 1.165) is 29.5 Å². The Balaban J connectivity index is 1.02. The summed E-state index contributed by atoms with van der Waals surface area (Å²) in [5.74, 6) is 1.06. The van der Waals surface area contributed by atoms with Crippen molar-refractivity contribution in [2.45, 2.75) is 31.7 Å². The molecule has 0 bridgehead atoms. The number of carbonyl (C=O) groups excluding carboxylic acids is 3. The predicted molar refractivity (Wildman–Crippen MR) is 164 cm³/mol. The van der Waals surface area contributed by atoms with E-state index in [-0.39, 0.29) is 36.8 Å². The van der Waals surface area contributed by atoms with Gasteiger partial charge in [0.1, 0.15) is 5.82 Å². The summed E-state index contributed by atoms with van der Waals surface area (Å²) >= 11 is 1.63. The zero-order valence-corrected chi connectivity index (χ0v) is 24.2. The quantitative estimate of drug-likeness (QED) is 0.248. The van der Waals surface area contributed by atoms with Gasteiger partial charge in [0.05, 0.1) is 36.7 Å². The lowest BCUT2D eigenvalue weighted by Crippen LogP contribution is -2.35. The van der Waals surface area contributed by atoms with Gasteiger partial charge in [-0.25, -0.2) is 0 Å². The summed E-state index contributed by atoms with van der Waals surface area (Å²) in [5, 5.41) is 8.81. The van der Waals surface area contributed by atoms with Crippen molar-refractivity contribution in [3.8, 4) is 11.5 Å². The zero-order valence-electron chi connectivity index (χ0n) is 23.4. The van der Waals surface area contributed by atoms with Gasteiger partial charge in [-0.3, -0.25) is 19.4 Å². The number of carbonyl (C=O) groups is 3. The summed E-state index contributed by atoms with van der Waals surface area (Å²) in [6.07, 6.45) is 6.17. The lowest BCUT2D eigenvalue weighted by molar-refractivity contribution is -0.116. The molecular formula is C31H31N5O5S. The molecule has 11 heteroatoms. The molecule has 2 aromatic carbocycles. The van der Waals surface area contributed by atoms with Crippen molar-refractivity contribution in [2.75, 3.05) is 30.9 Å². The van der Waals surface area contributed by atoms with E-state index in [1.54, 1.807) is 53.4 Å².